The summed E-state index contributed by atoms with van der Waals surface area (Å²) >= 11 is 0. The first-order valence-corrected chi connectivity index (χ1v) is 7.17. The van der Waals surface area contributed by atoms with Crippen LogP contribution in [0.5, 0.6) is 0 Å². The molecular weight excluding hydrogens is 236 g/mol. The van der Waals surface area contributed by atoms with Crippen LogP contribution in [0.3, 0.4) is 0 Å². The Labute approximate surface area is 115 Å². The lowest BCUT2D eigenvalue weighted by atomic mass is 9.84. The van der Waals surface area contributed by atoms with Gasteiger partial charge >= 0.3 is 0 Å². The first kappa shape index (κ1) is 14.1. The normalized spacial score (nSPS) is 23.1. The summed E-state index contributed by atoms with van der Waals surface area (Å²) in [5, 5.41) is 3.00. The molecule has 1 saturated carbocycles. The Hall–Kier alpha value is -1.35. The number of hydrogen-bond acceptors (Lipinski definition) is 2. The van der Waals surface area contributed by atoms with Crippen LogP contribution in [0.4, 0.5) is 5.69 Å². The number of nitrogens with one attached hydrogen (secondary N) is 1. The third kappa shape index (κ3) is 4.06. The second kappa shape index (κ2) is 6.20. The summed E-state index contributed by atoms with van der Waals surface area (Å²) < 4.78 is 0. The van der Waals surface area contributed by atoms with E-state index >= 15 is 0 Å². The average Bonchev–Trinajstić information content (AvgIpc) is 2.37. The van der Waals surface area contributed by atoms with Crippen LogP contribution in [0.15, 0.2) is 18.2 Å². The molecule has 0 spiro atoms. The maximum absolute atomic E-state index is 12.0. The monoisotopic (exact) mass is 260 g/mol. The van der Waals surface area contributed by atoms with Crippen molar-refractivity contribution in [2.75, 3.05) is 5.32 Å². The minimum atomic E-state index is 0.128. The van der Waals surface area contributed by atoms with Crippen molar-refractivity contribution in [1.82, 2.24) is 0 Å². The molecule has 0 saturated heterocycles. The molecule has 0 heterocycles. The highest BCUT2D eigenvalue weighted by atomic mass is 16.1. The van der Waals surface area contributed by atoms with E-state index in [0.29, 0.717) is 18.4 Å². The van der Waals surface area contributed by atoms with E-state index < -0.39 is 0 Å². The molecule has 0 radical (unpaired) electrons. The van der Waals surface area contributed by atoms with Crippen LogP contribution in [0.2, 0.25) is 0 Å². The van der Waals surface area contributed by atoms with Gasteiger partial charge in [-0.1, -0.05) is 6.07 Å². The van der Waals surface area contributed by atoms with E-state index in [1.54, 1.807) is 0 Å². The Morgan fingerprint density at radius 1 is 1.21 bits per heavy atom. The second-order valence-electron chi connectivity index (χ2n) is 5.83. The summed E-state index contributed by atoms with van der Waals surface area (Å²) in [4.78, 5) is 12.0. The number of hydrogen-bond donors (Lipinski definition) is 2. The maximum Gasteiger partial charge on any atom is 0.224 e. The van der Waals surface area contributed by atoms with E-state index in [4.69, 9.17) is 5.73 Å². The Bertz CT molecular complexity index is 448. The number of nitrogens with two attached hydrogens (primary N) is 1. The minimum Gasteiger partial charge on any atom is -0.328 e. The van der Waals surface area contributed by atoms with E-state index in [0.717, 1.165) is 31.4 Å². The van der Waals surface area contributed by atoms with Gasteiger partial charge in [-0.3, -0.25) is 4.79 Å². The highest BCUT2D eigenvalue weighted by molar-refractivity contribution is 5.91. The number of rotatable bonds is 3. The van der Waals surface area contributed by atoms with Gasteiger partial charge in [-0.15, -0.1) is 0 Å². The third-order valence-electron chi connectivity index (χ3n) is 4.16. The molecule has 3 N–H and O–H groups in total. The van der Waals surface area contributed by atoms with Gasteiger partial charge in [0.05, 0.1) is 0 Å². The molecule has 0 aromatic heterocycles. The molecule has 1 aliphatic rings. The summed E-state index contributed by atoms with van der Waals surface area (Å²) in [6.07, 6.45) is 4.91. The highest BCUT2D eigenvalue weighted by Crippen LogP contribution is 2.26. The first-order valence-electron chi connectivity index (χ1n) is 7.17. The fourth-order valence-corrected chi connectivity index (χ4v) is 2.69. The number of aryl methyl sites for hydroxylation is 2. The molecule has 1 amide bonds. The van der Waals surface area contributed by atoms with Crippen molar-refractivity contribution in [3.8, 4) is 0 Å². The molecule has 104 valence electrons. The van der Waals surface area contributed by atoms with Crippen LogP contribution in [-0.4, -0.2) is 11.9 Å². The molecule has 1 fully saturated rings. The molecule has 0 bridgehead atoms. The van der Waals surface area contributed by atoms with Gasteiger partial charge in [-0.2, -0.15) is 0 Å². The lowest BCUT2D eigenvalue weighted by Gasteiger charge is -2.25. The van der Waals surface area contributed by atoms with Crippen molar-refractivity contribution in [2.45, 2.75) is 52.0 Å². The van der Waals surface area contributed by atoms with E-state index in [1.807, 2.05) is 18.2 Å². The van der Waals surface area contributed by atoms with Gasteiger partial charge in [-0.25, -0.2) is 0 Å². The number of anilines is 1. The van der Waals surface area contributed by atoms with Crippen LogP contribution < -0.4 is 11.1 Å². The average molecular weight is 260 g/mol. The van der Waals surface area contributed by atoms with Crippen LogP contribution in [0.1, 0.15) is 43.2 Å². The van der Waals surface area contributed by atoms with Crippen LogP contribution in [0.25, 0.3) is 0 Å². The van der Waals surface area contributed by atoms with Crippen molar-refractivity contribution in [1.29, 1.82) is 0 Å². The standard InChI is InChI=1S/C16H24N2O/c1-11-3-8-15(9-12(11)2)18-16(19)10-13-4-6-14(17)7-5-13/h3,8-9,13-14H,4-7,10,17H2,1-2H3,(H,18,19). The van der Waals surface area contributed by atoms with Gasteiger partial charge < -0.3 is 11.1 Å². The highest BCUT2D eigenvalue weighted by Gasteiger charge is 2.20. The molecule has 0 aliphatic heterocycles. The zero-order chi connectivity index (χ0) is 13.8. The fourth-order valence-electron chi connectivity index (χ4n) is 2.69. The Morgan fingerprint density at radius 2 is 1.89 bits per heavy atom. The van der Waals surface area contributed by atoms with Gasteiger partial charge in [0.15, 0.2) is 0 Å². The fraction of sp³-hybridized carbons (Fsp3) is 0.562. The Kier molecular flexibility index (Phi) is 4.59. The molecule has 3 heteroatoms. The van der Waals surface area contributed by atoms with Crippen LogP contribution in [-0.2, 0) is 4.79 Å². The lowest BCUT2D eigenvalue weighted by molar-refractivity contribution is -0.117. The number of benzene rings is 1. The van der Waals surface area contributed by atoms with E-state index in [2.05, 4.69) is 19.2 Å². The van der Waals surface area contributed by atoms with Crippen molar-refractivity contribution >= 4 is 11.6 Å². The molecule has 19 heavy (non-hydrogen) atoms. The summed E-state index contributed by atoms with van der Waals surface area (Å²) in [5.41, 5.74) is 9.24. The largest absolute Gasteiger partial charge is 0.328 e. The van der Waals surface area contributed by atoms with Gasteiger partial charge in [0, 0.05) is 18.2 Å². The SMILES string of the molecule is Cc1ccc(NC(=O)CC2CCC(N)CC2)cc1C. The van der Waals surface area contributed by atoms with E-state index in [-0.39, 0.29) is 5.91 Å². The van der Waals surface area contributed by atoms with Gasteiger partial charge in [0.1, 0.15) is 0 Å². The quantitative estimate of drug-likeness (QED) is 0.877. The Morgan fingerprint density at radius 3 is 2.53 bits per heavy atom. The third-order valence-corrected chi connectivity index (χ3v) is 4.16. The zero-order valence-corrected chi connectivity index (χ0v) is 11.9. The second-order valence-corrected chi connectivity index (χ2v) is 5.83. The number of amides is 1. The Balaban J connectivity index is 1.85. The van der Waals surface area contributed by atoms with Crippen LogP contribution in [0, 0.1) is 19.8 Å². The van der Waals surface area contributed by atoms with E-state index in [9.17, 15) is 4.79 Å². The number of carbonyl (C=O) groups is 1. The van der Waals surface area contributed by atoms with Crippen molar-refractivity contribution < 1.29 is 4.79 Å². The van der Waals surface area contributed by atoms with Crippen molar-refractivity contribution in [3.63, 3.8) is 0 Å². The molecule has 2 rings (SSSR count). The van der Waals surface area contributed by atoms with E-state index in [1.165, 1.54) is 11.1 Å². The summed E-state index contributed by atoms with van der Waals surface area (Å²) in [6, 6.07) is 6.39. The molecule has 1 aliphatic carbocycles. The number of carbonyl (C=O) groups excluding carboxylic acids is 1. The summed E-state index contributed by atoms with van der Waals surface area (Å²) in [7, 11) is 0. The van der Waals surface area contributed by atoms with Gasteiger partial charge in [-0.05, 0) is 68.7 Å². The molecule has 3 nitrogen and oxygen atoms in total. The van der Waals surface area contributed by atoms with Gasteiger partial charge in [0.2, 0.25) is 5.91 Å². The topological polar surface area (TPSA) is 55.1 Å². The lowest BCUT2D eigenvalue weighted by Crippen LogP contribution is -2.28. The van der Waals surface area contributed by atoms with Crippen LogP contribution >= 0.6 is 0 Å². The first-order chi connectivity index (χ1) is 9.04. The molecule has 0 unspecified atom stereocenters. The summed E-state index contributed by atoms with van der Waals surface area (Å²) in [6.45, 7) is 4.14. The predicted octanol–water partition coefficient (Wildman–Crippen LogP) is 3.15. The summed E-state index contributed by atoms with van der Waals surface area (Å²) in [5.74, 6) is 0.634. The molecule has 1 aromatic carbocycles. The molecule has 1 aromatic rings. The van der Waals surface area contributed by atoms with Crippen molar-refractivity contribution in [2.24, 2.45) is 11.7 Å². The predicted molar refractivity (Wildman–Crippen MR) is 79.1 cm³/mol. The smallest absolute Gasteiger partial charge is 0.224 e. The maximum atomic E-state index is 12.0. The molecular formula is C16H24N2O. The minimum absolute atomic E-state index is 0.128. The molecule has 0 atom stereocenters. The van der Waals surface area contributed by atoms with Gasteiger partial charge in [0.25, 0.3) is 0 Å². The zero-order valence-electron chi connectivity index (χ0n) is 11.9. The van der Waals surface area contributed by atoms with Crippen molar-refractivity contribution in [3.05, 3.63) is 29.3 Å².